The Kier molecular flexibility index (Phi) is 5.85. The second-order valence-corrected chi connectivity index (χ2v) is 8.48. The maximum absolute atomic E-state index is 12.4. The van der Waals surface area contributed by atoms with Crippen molar-refractivity contribution in [1.82, 2.24) is 10.2 Å². The predicted molar refractivity (Wildman–Crippen MR) is 87.2 cm³/mol. The monoisotopic (exact) mass is 410 g/mol. The maximum atomic E-state index is 12.4. The molecule has 4 unspecified atom stereocenters. The molecular formula is C13H18N2O9S2. The van der Waals surface area contributed by atoms with E-state index in [1.807, 2.05) is 0 Å². The lowest BCUT2D eigenvalue weighted by molar-refractivity contribution is -0.160. The minimum atomic E-state index is -4.78. The quantitative estimate of drug-likeness (QED) is 0.322. The smallest absolute Gasteiger partial charge is 0.397 e. The highest BCUT2D eigenvalue weighted by atomic mass is 32.3. The van der Waals surface area contributed by atoms with Crippen LogP contribution < -0.4 is 5.32 Å². The molecule has 0 spiro atoms. The summed E-state index contributed by atoms with van der Waals surface area (Å²) in [6.07, 6.45) is -1.23. The van der Waals surface area contributed by atoms with Crippen molar-refractivity contribution in [2.24, 2.45) is 5.92 Å². The van der Waals surface area contributed by atoms with Crippen LogP contribution in [-0.2, 0) is 39.8 Å². The van der Waals surface area contributed by atoms with E-state index in [2.05, 4.69) is 9.50 Å². The lowest BCUT2D eigenvalue weighted by atomic mass is 9.83. The van der Waals surface area contributed by atoms with Crippen molar-refractivity contribution < 1.29 is 40.9 Å². The fourth-order valence-electron chi connectivity index (χ4n) is 3.11. The van der Waals surface area contributed by atoms with Crippen LogP contribution in [0.3, 0.4) is 0 Å². The fourth-order valence-corrected chi connectivity index (χ4v) is 4.91. The van der Waals surface area contributed by atoms with Crippen LogP contribution >= 0.6 is 0 Å². The molecule has 2 aliphatic rings. The van der Waals surface area contributed by atoms with Crippen LogP contribution in [-0.4, -0.2) is 69.4 Å². The molecule has 1 fully saturated rings. The molecule has 4 atom stereocenters. The molecule has 3 N–H and O–H groups in total. The molecule has 11 nitrogen and oxygen atoms in total. The number of β-lactam (4-membered cyclic amide) rings is 1. The van der Waals surface area contributed by atoms with Gasteiger partial charge in [-0.2, -0.15) is 8.42 Å². The molecule has 0 aromatic rings. The number of hydrogen-bond acceptors (Lipinski definition) is 7. The van der Waals surface area contributed by atoms with Gasteiger partial charge < -0.3 is 15.3 Å². The van der Waals surface area contributed by atoms with Crippen molar-refractivity contribution in [3.63, 3.8) is 0 Å². The summed E-state index contributed by atoms with van der Waals surface area (Å²) >= 11 is 0. The van der Waals surface area contributed by atoms with E-state index in [1.165, 1.54) is 13.8 Å². The molecule has 0 saturated carbocycles. The number of carboxylic acid groups (broad SMARTS) is 1. The number of amides is 2. The zero-order chi connectivity index (χ0) is 19.8. The summed E-state index contributed by atoms with van der Waals surface area (Å²) < 4.78 is 47.2. The topological polar surface area (TPSA) is 167 Å². The van der Waals surface area contributed by atoms with Crippen LogP contribution in [0.4, 0.5) is 0 Å². The summed E-state index contributed by atoms with van der Waals surface area (Å²) in [5.41, 5.74) is -0.392. The number of fused-ring (bicyclic) bond motifs is 1. The minimum absolute atomic E-state index is 0.0239. The SMILES string of the molecule is CC(=O)NCCS(=O)C1=C(C(=O)O)N2C(=O)C(C(C)OS(=O)(=O)O)C2C1. The van der Waals surface area contributed by atoms with E-state index in [9.17, 15) is 32.1 Å². The Morgan fingerprint density at radius 2 is 2.08 bits per heavy atom. The highest BCUT2D eigenvalue weighted by molar-refractivity contribution is 7.89. The number of aliphatic carboxylic acids is 1. The zero-order valence-corrected chi connectivity index (χ0v) is 15.5. The van der Waals surface area contributed by atoms with Gasteiger partial charge in [-0.1, -0.05) is 0 Å². The molecule has 146 valence electrons. The van der Waals surface area contributed by atoms with Gasteiger partial charge in [-0.05, 0) is 6.92 Å². The second kappa shape index (κ2) is 7.42. The Morgan fingerprint density at radius 3 is 2.58 bits per heavy atom. The number of carboxylic acids is 1. The van der Waals surface area contributed by atoms with Crippen molar-refractivity contribution >= 4 is 39.0 Å². The van der Waals surface area contributed by atoms with Gasteiger partial charge in [0.05, 0.1) is 28.9 Å². The third-order valence-corrected chi connectivity index (χ3v) is 6.12. The van der Waals surface area contributed by atoms with Gasteiger partial charge in [0.2, 0.25) is 11.8 Å². The molecule has 0 bridgehead atoms. The van der Waals surface area contributed by atoms with Crippen LogP contribution in [0, 0.1) is 5.92 Å². The van der Waals surface area contributed by atoms with Gasteiger partial charge in [-0.25, -0.2) is 8.98 Å². The van der Waals surface area contributed by atoms with Crippen molar-refractivity contribution in [2.45, 2.75) is 32.4 Å². The molecular weight excluding hydrogens is 392 g/mol. The Balaban J connectivity index is 2.17. The van der Waals surface area contributed by atoms with Gasteiger partial charge in [-0.3, -0.25) is 18.4 Å². The molecule has 2 amide bonds. The molecule has 0 aromatic heterocycles. The standard InChI is InChI=1S/C13H18N2O9S2/c1-6(24-26(21,22)23)10-8-5-9(25(20)4-3-14-7(2)16)11(13(18)19)15(8)12(10)17/h6,8,10H,3-5H2,1-2H3,(H,14,16)(H,18,19)(H,21,22,23). The molecule has 2 heterocycles. The van der Waals surface area contributed by atoms with Gasteiger partial charge in [0.25, 0.3) is 0 Å². The zero-order valence-electron chi connectivity index (χ0n) is 13.9. The Labute approximate surface area is 151 Å². The Hall–Kier alpha value is -1.83. The van der Waals surface area contributed by atoms with Crippen LogP contribution in [0.15, 0.2) is 10.6 Å². The van der Waals surface area contributed by atoms with Gasteiger partial charge >= 0.3 is 16.4 Å². The van der Waals surface area contributed by atoms with Crippen LogP contribution in [0.5, 0.6) is 0 Å². The summed E-state index contributed by atoms with van der Waals surface area (Å²) in [4.78, 5) is 35.6. The van der Waals surface area contributed by atoms with Crippen molar-refractivity contribution in [1.29, 1.82) is 0 Å². The van der Waals surface area contributed by atoms with E-state index in [-0.39, 0.29) is 29.5 Å². The van der Waals surface area contributed by atoms with Crippen LogP contribution in [0.2, 0.25) is 0 Å². The summed E-state index contributed by atoms with van der Waals surface area (Å²) in [6.45, 7) is 2.62. The van der Waals surface area contributed by atoms with Crippen molar-refractivity contribution in [3.05, 3.63) is 10.6 Å². The molecule has 1 saturated heterocycles. The lowest BCUT2D eigenvalue weighted by Crippen LogP contribution is -2.62. The molecule has 0 aliphatic carbocycles. The van der Waals surface area contributed by atoms with Gasteiger partial charge in [0, 0.05) is 30.5 Å². The lowest BCUT2D eigenvalue weighted by Gasteiger charge is -2.45. The first kappa shape index (κ1) is 20.5. The molecule has 0 aromatic carbocycles. The second-order valence-electron chi connectivity index (χ2n) is 5.84. The third-order valence-electron chi connectivity index (χ3n) is 4.09. The average molecular weight is 410 g/mol. The number of carbonyl (C=O) groups excluding carboxylic acids is 2. The van der Waals surface area contributed by atoms with Crippen molar-refractivity contribution in [3.8, 4) is 0 Å². The molecule has 2 rings (SSSR count). The minimum Gasteiger partial charge on any atom is -0.477 e. The number of nitrogens with zero attached hydrogens (tertiary/aromatic N) is 1. The molecule has 2 aliphatic heterocycles. The number of hydrogen-bond donors (Lipinski definition) is 3. The summed E-state index contributed by atoms with van der Waals surface area (Å²) in [6, 6.07) is -0.718. The molecule has 26 heavy (non-hydrogen) atoms. The highest BCUT2D eigenvalue weighted by Gasteiger charge is 2.58. The summed E-state index contributed by atoms with van der Waals surface area (Å²) in [5.74, 6) is -3.45. The number of rotatable bonds is 8. The largest absolute Gasteiger partial charge is 0.477 e. The van der Waals surface area contributed by atoms with E-state index in [0.717, 1.165) is 4.90 Å². The first-order valence-corrected chi connectivity index (χ1v) is 10.2. The van der Waals surface area contributed by atoms with Gasteiger partial charge in [0.1, 0.15) is 5.70 Å². The van der Waals surface area contributed by atoms with Gasteiger partial charge in [0.15, 0.2) is 0 Å². The molecule has 13 heteroatoms. The van der Waals surface area contributed by atoms with E-state index in [1.54, 1.807) is 0 Å². The summed E-state index contributed by atoms with van der Waals surface area (Å²) in [7, 11) is -6.52. The summed E-state index contributed by atoms with van der Waals surface area (Å²) in [5, 5.41) is 11.8. The highest BCUT2D eigenvalue weighted by Crippen LogP contribution is 2.45. The van der Waals surface area contributed by atoms with E-state index in [4.69, 9.17) is 4.55 Å². The van der Waals surface area contributed by atoms with Crippen LogP contribution in [0.1, 0.15) is 20.3 Å². The van der Waals surface area contributed by atoms with E-state index in [0.29, 0.717) is 0 Å². The predicted octanol–water partition coefficient (Wildman–Crippen LogP) is -1.39. The van der Waals surface area contributed by atoms with Gasteiger partial charge in [-0.15, -0.1) is 0 Å². The van der Waals surface area contributed by atoms with Crippen molar-refractivity contribution in [2.75, 3.05) is 12.3 Å². The Bertz CT molecular complexity index is 804. The Morgan fingerprint density at radius 1 is 1.46 bits per heavy atom. The average Bonchev–Trinajstić information content (AvgIpc) is 2.80. The third kappa shape index (κ3) is 4.11. The van der Waals surface area contributed by atoms with E-state index >= 15 is 0 Å². The molecule has 0 radical (unpaired) electrons. The number of carbonyl (C=O) groups is 3. The number of nitrogens with one attached hydrogen (secondary N) is 1. The fraction of sp³-hybridized carbons (Fsp3) is 0.615. The normalized spacial score (nSPS) is 24.7. The van der Waals surface area contributed by atoms with Crippen LogP contribution in [0.25, 0.3) is 0 Å². The van der Waals surface area contributed by atoms with E-state index < -0.39 is 56.8 Å². The maximum Gasteiger partial charge on any atom is 0.397 e. The first-order valence-electron chi connectivity index (χ1n) is 7.52. The first-order chi connectivity index (χ1) is 11.9.